The Morgan fingerprint density at radius 3 is 1.78 bits per heavy atom. The van der Waals surface area contributed by atoms with Gasteiger partial charge in [-0.25, -0.2) is 0 Å². The minimum Gasteiger partial charge on any atom is -0.462 e. The Hall–Kier alpha value is -2.18. The zero-order valence-electron chi connectivity index (χ0n) is 13.7. The lowest BCUT2D eigenvalue weighted by Crippen LogP contribution is -2.50. The van der Waals surface area contributed by atoms with Crippen LogP contribution in [0.2, 0.25) is 0 Å². The second-order valence-electron chi connectivity index (χ2n) is 4.51. The van der Waals surface area contributed by atoms with Gasteiger partial charge in [0, 0.05) is 35.0 Å². The molecule has 0 aromatic rings. The van der Waals surface area contributed by atoms with E-state index in [9.17, 15) is 14.4 Å². The first-order chi connectivity index (χ1) is 10.8. The molecular weight excluding hydrogens is 310 g/mol. The lowest BCUT2D eigenvalue weighted by atomic mass is 10.0. The van der Waals surface area contributed by atoms with Crippen molar-refractivity contribution in [1.82, 2.24) is 0 Å². The minimum absolute atomic E-state index is 0.300. The number of ether oxygens (including phenoxy) is 5. The fraction of sp³-hybridized carbons (Fsp3) is 0.714. The number of nitriles is 1. The first-order valence-electron chi connectivity index (χ1n) is 6.69. The van der Waals surface area contributed by atoms with Crippen molar-refractivity contribution >= 4 is 17.9 Å². The van der Waals surface area contributed by atoms with Gasteiger partial charge in [-0.2, -0.15) is 5.26 Å². The molecule has 0 saturated carbocycles. The van der Waals surface area contributed by atoms with Gasteiger partial charge in [0.2, 0.25) is 6.10 Å². The number of nitrogens with zero attached hydrogens (tertiary/aromatic N) is 1. The first kappa shape index (κ1) is 20.8. The normalized spacial score (nSPS) is 15.5. The van der Waals surface area contributed by atoms with Crippen LogP contribution in [0, 0.1) is 11.3 Å². The molecule has 9 heteroatoms. The molecule has 0 N–H and O–H groups in total. The van der Waals surface area contributed by atoms with Crippen molar-refractivity contribution in [2.45, 2.75) is 45.2 Å². The Kier molecular flexibility index (Phi) is 9.53. The van der Waals surface area contributed by atoms with Crippen molar-refractivity contribution < 1.29 is 38.1 Å². The summed E-state index contributed by atoms with van der Waals surface area (Å²) in [6.45, 7) is 3.20. The van der Waals surface area contributed by atoms with Crippen LogP contribution in [0.15, 0.2) is 0 Å². The van der Waals surface area contributed by atoms with E-state index in [1.165, 1.54) is 28.1 Å². The van der Waals surface area contributed by atoms with Crippen LogP contribution in [0.4, 0.5) is 0 Å². The lowest BCUT2D eigenvalue weighted by molar-refractivity contribution is -0.184. The number of methoxy groups -OCH3 is 2. The molecule has 0 fully saturated rings. The first-order valence-corrected chi connectivity index (χ1v) is 6.69. The van der Waals surface area contributed by atoms with Crippen LogP contribution in [-0.2, 0) is 38.1 Å². The highest BCUT2D eigenvalue weighted by Gasteiger charge is 2.39. The summed E-state index contributed by atoms with van der Waals surface area (Å²) in [4.78, 5) is 33.3. The summed E-state index contributed by atoms with van der Waals surface area (Å²) >= 11 is 0. The van der Waals surface area contributed by atoms with E-state index in [0.29, 0.717) is 0 Å². The number of rotatable bonds is 9. The van der Waals surface area contributed by atoms with Crippen molar-refractivity contribution in [1.29, 1.82) is 5.26 Å². The zero-order chi connectivity index (χ0) is 18.0. The Bertz CT molecular complexity index is 458. The van der Waals surface area contributed by atoms with E-state index in [4.69, 9.17) is 28.9 Å². The zero-order valence-corrected chi connectivity index (χ0v) is 13.7. The molecule has 0 rings (SSSR count). The number of carbonyl (C=O) groups excluding carboxylic acids is 3. The monoisotopic (exact) mass is 331 g/mol. The molecular formula is C14H21NO8. The summed E-state index contributed by atoms with van der Waals surface area (Å²) < 4.78 is 25.2. The Morgan fingerprint density at radius 1 is 0.913 bits per heavy atom. The van der Waals surface area contributed by atoms with Gasteiger partial charge in [-0.05, 0) is 0 Å². The van der Waals surface area contributed by atoms with Gasteiger partial charge >= 0.3 is 17.9 Å². The standard InChI is InChI=1S/C14H21NO8/c1-8(16)21-7-12(23-10(3)18)14(20-5)13(19-4)11(6-15)22-9(2)17/h11-14H,7H2,1-5H3. The molecule has 0 aliphatic rings. The van der Waals surface area contributed by atoms with E-state index in [1.54, 1.807) is 6.07 Å². The summed E-state index contributed by atoms with van der Waals surface area (Å²) in [5, 5.41) is 9.15. The average Bonchev–Trinajstić information content (AvgIpc) is 2.46. The van der Waals surface area contributed by atoms with Gasteiger partial charge in [0.05, 0.1) is 0 Å². The topological polar surface area (TPSA) is 121 Å². The molecule has 0 aliphatic heterocycles. The molecule has 4 atom stereocenters. The SMILES string of the molecule is COC(C(C#N)OC(C)=O)C(OC)C(COC(C)=O)OC(C)=O. The van der Waals surface area contributed by atoms with E-state index in [0.717, 1.165) is 6.92 Å². The Balaban J connectivity index is 5.36. The molecule has 9 nitrogen and oxygen atoms in total. The number of carbonyl (C=O) groups is 3. The van der Waals surface area contributed by atoms with Gasteiger partial charge in [0.25, 0.3) is 0 Å². The van der Waals surface area contributed by atoms with E-state index in [-0.39, 0.29) is 6.61 Å². The number of hydrogen-bond acceptors (Lipinski definition) is 9. The molecule has 0 aromatic carbocycles. The van der Waals surface area contributed by atoms with Gasteiger partial charge in [0.1, 0.15) is 24.9 Å². The van der Waals surface area contributed by atoms with E-state index < -0.39 is 42.3 Å². The second-order valence-corrected chi connectivity index (χ2v) is 4.51. The second kappa shape index (κ2) is 10.5. The van der Waals surface area contributed by atoms with Gasteiger partial charge in [0.15, 0.2) is 6.10 Å². The molecule has 0 aliphatic carbocycles. The highest BCUT2D eigenvalue weighted by molar-refractivity contribution is 5.67. The summed E-state index contributed by atoms with van der Waals surface area (Å²) in [5.41, 5.74) is 0. The Morgan fingerprint density at radius 2 is 1.43 bits per heavy atom. The van der Waals surface area contributed by atoms with Crippen LogP contribution >= 0.6 is 0 Å². The highest BCUT2D eigenvalue weighted by Crippen LogP contribution is 2.17. The molecule has 0 heterocycles. The van der Waals surface area contributed by atoms with E-state index >= 15 is 0 Å². The van der Waals surface area contributed by atoms with Crippen LogP contribution in [0.25, 0.3) is 0 Å². The predicted molar refractivity (Wildman–Crippen MR) is 74.9 cm³/mol. The average molecular weight is 331 g/mol. The summed E-state index contributed by atoms with van der Waals surface area (Å²) in [5.74, 6) is -1.90. The molecule has 0 spiro atoms. The maximum atomic E-state index is 11.2. The van der Waals surface area contributed by atoms with Gasteiger partial charge in [-0.3, -0.25) is 14.4 Å². The molecule has 23 heavy (non-hydrogen) atoms. The largest absolute Gasteiger partial charge is 0.462 e. The van der Waals surface area contributed by atoms with Gasteiger partial charge < -0.3 is 23.7 Å². The quantitative estimate of drug-likeness (QED) is 0.423. The molecule has 0 saturated heterocycles. The van der Waals surface area contributed by atoms with Gasteiger partial charge in [-0.1, -0.05) is 0 Å². The van der Waals surface area contributed by atoms with Crippen LogP contribution in [0.1, 0.15) is 20.8 Å². The molecule has 4 unspecified atom stereocenters. The fourth-order valence-electron chi connectivity index (χ4n) is 1.88. The molecule has 0 bridgehead atoms. The number of hydrogen-bond donors (Lipinski definition) is 0. The van der Waals surface area contributed by atoms with E-state index in [1.807, 2.05) is 0 Å². The van der Waals surface area contributed by atoms with Crippen LogP contribution in [-0.4, -0.2) is 63.2 Å². The molecule has 0 amide bonds. The maximum Gasteiger partial charge on any atom is 0.304 e. The van der Waals surface area contributed by atoms with Crippen LogP contribution in [0.3, 0.4) is 0 Å². The summed E-state index contributed by atoms with van der Waals surface area (Å²) in [7, 11) is 2.57. The van der Waals surface area contributed by atoms with Crippen molar-refractivity contribution in [3.8, 4) is 6.07 Å². The predicted octanol–water partition coefficient (Wildman–Crippen LogP) is -0.0335. The lowest BCUT2D eigenvalue weighted by Gasteiger charge is -2.32. The Labute approximate surface area is 134 Å². The maximum absolute atomic E-state index is 11.2. The van der Waals surface area contributed by atoms with Crippen LogP contribution in [0.5, 0.6) is 0 Å². The van der Waals surface area contributed by atoms with Crippen LogP contribution < -0.4 is 0 Å². The molecule has 0 aromatic heterocycles. The van der Waals surface area contributed by atoms with Gasteiger partial charge in [-0.15, -0.1) is 0 Å². The summed E-state index contributed by atoms with van der Waals surface area (Å²) in [6, 6.07) is 1.78. The van der Waals surface area contributed by atoms with Crippen molar-refractivity contribution in [3.63, 3.8) is 0 Å². The van der Waals surface area contributed by atoms with Crippen molar-refractivity contribution in [2.24, 2.45) is 0 Å². The molecule has 0 radical (unpaired) electrons. The molecule has 130 valence electrons. The smallest absolute Gasteiger partial charge is 0.304 e. The fourth-order valence-corrected chi connectivity index (χ4v) is 1.88. The van der Waals surface area contributed by atoms with Crippen molar-refractivity contribution in [2.75, 3.05) is 20.8 Å². The summed E-state index contributed by atoms with van der Waals surface area (Å²) in [6.07, 6.45) is -4.41. The minimum atomic E-state index is -1.29. The van der Waals surface area contributed by atoms with Crippen molar-refractivity contribution in [3.05, 3.63) is 0 Å². The highest BCUT2D eigenvalue weighted by atomic mass is 16.6. The third-order valence-electron chi connectivity index (χ3n) is 2.72. The number of esters is 3. The third kappa shape index (κ3) is 7.58. The third-order valence-corrected chi connectivity index (χ3v) is 2.72. The van der Waals surface area contributed by atoms with E-state index in [2.05, 4.69) is 0 Å².